The van der Waals surface area contributed by atoms with Crippen LogP contribution < -0.4 is 0 Å². The molecule has 0 saturated heterocycles. The Hall–Kier alpha value is -1.15. The van der Waals surface area contributed by atoms with Crippen LogP contribution in [-0.4, -0.2) is 5.78 Å². The van der Waals surface area contributed by atoms with Gasteiger partial charge in [-0.15, -0.1) is 0 Å². The summed E-state index contributed by atoms with van der Waals surface area (Å²) in [5, 5.41) is 2.48. The van der Waals surface area contributed by atoms with Crippen LogP contribution in [0.5, 0.6) is 0 Å². The van der Waals surface area contributed by atoms with Gasteiger partial charge >= 0.3 is 0 Å². The lowest BCUT2D eigenvalue weighted by atomic mass is 9.97. The van der Waals surface area contributed by atoms with Crippen molar-refractivity contribution < 1.29 is 4.79 Å². The third-order valence-electron chi connectivity index (χ3n) is 3.00. The van der Waals surface area contributed by atoms with Crippen LogP contribution in [0, 0.1) is 6.92 Å². The van der Waals surface area contributed by atoms with Crippen molar-refractivity contribution in [2.45, 2.75) is 26.7 Å². The van der Waals surface area contributed by atoms with Gasteiger partial charge in [-0.2, -0.15) is 0 Å². The number of carbonyl (C=O) groups excluding carboxylic acids is 1. The summed E-state index contributed by atoms with van der Waals surface area (Å²) in [6, 6.07) is 10.5. The zero-order chi connectivity index (χ0) is 12.4. The molecule has 0 N–H and O–H groups in total. The molecule has 17 heavy (non-hydrogen) atoms. The van der Waals surface area contributed by atoms with Gasteiger partial charge in [-0.1, -0.05) is 46.3 Å². The van der Waals surface area contributed by atoms with E-state index in [2.05, 4.69) is 41.1 Å². The molecule has 2 heteroatoms. The Labute approximate surface area is 110 Å². The van der Waals surface area contributed by atoms with Gasteiger partial charge in [0.25, 0.3) is 0 Å². The van der Waals surface area contributed by atoms with Crippen LogP contribution in [-0.2, 0) is 11.2 Å². The molecule has 0 atom stereocenters. The van der Waals surface area contributed by atoms with Gasteiger partial charge in [-0.3, -0.25) is 0 Å². The summed E-state index contributed by atoms with van der Waals surface area (Å²) >= 11 is 3.64. The van der Waals surface area contributed by atoms with E-state index in [0.717, 1.165) is 10.9 Å². The maximum Gasteiger partial charge on any atom is 0.130 e. The van der Waals surface area contributed by atoms with E-state index in [1.54, 1.807) is 6.92 Å². The molecule has 0 fully saturated rings. The quantitative estimate of drug-likeness (QED) is 0.817. The van der Waals surface area contributed by atoms with Gasteiger partial charge in [-0.05, 0) is 42.2 Å². The Kier molecular flexibility index (Phi) is 3.63. The zero-order valence-electron chi connectivity index (χ0n) is 10.1. The highest BCUT2D eigenvalue weighted by Gasteiger charge is 2.09. The fourth-order valence-electron chi connectivity index (χ4n) is 2.10. The summed E-state index contributed by atoms with van der Waals surface area (Å²) < 4.78 is 1.14. The molecule has 88 valence electrons. The van der Waals surface area contributed by atoms with Crippen molar-refractivity contribution in [3.63, 3.8) is 0 Å². The lowest BCUT2D eigenvalue weighted by Gasteiger charge is -2.11. The van der Waals surface area contributed by atoms with E-state index in [9.17, 15) is 4.79 Å². The molecule has 0 spiro atoms. The van der Waals surface area contributed by atoms with E-state index in [1.165, 1.54) is 21.9 Å². The van der Waals surface area contributed by atoms with Crippen LogP contribution in [0.1, 0.15) is 24.5 Å². The van der Waals surface area contributed by atoms with Gasteiger partial charge in [0.15, 0.2) is 0 Å². The molecule has 0 amide bonds. The third kappa shape index (κ3) is 2.58. The Morgan fingerprint density at radius 3 is 2.71 bits per heavy atom. The number of hydrogen-bond donors (Lipinski definition) is 0. The largest absolute Gasteiger partial charge is 0.300 e. The highest BCUT2D eigenvalue weighted by molar-refractivity contribution is 9.10. The van der Waals surface area contributed by atoms with Gasteiger partial charge in [0, 0.05) is 10.9 Å². The van der Waals surface area contributed by atoms with Crippen LogP contribution in [0.4, 0.5) is 0 Å². The highest BCUT2D eigenvalue weighted by atomic mass is 79.9. The topological polar surface area (TPSA) is 17.1 Å². The fourth-order valence-corrected chi connectivity index (χ4v) is 2.62. The van der Waals surface area contributed by atoms with Crippen molar-refractivity contribution in [2.75, 3.05) is 0 Å². The van der Waals surface area contributed by atoms with Gasteiger partial charge in [0.05, 0.1) is 0 Å². The number of halogens is 1. The van der Waals surface area contributed by atoms with Crippen LogP contribution in [0.3, 0.4) is 0 Å². The van der Waals surface area contributed by atoms with E-state index < -0.39 is 0 Å². The lowest BCUT2D eigenvalue weighted by Crippen LogP contribution is -1.97. The maximum atomic E-state index is 11.1. The van der Waals surface area contributed by atoms with Gasteiger partial charge in [-0.25, -0.2) is 0 Å². The molecule has 0 saturated carbocycles. The molecule has 0 radical (unpaired) electrons. The second kappa shape index (κ2) is 5.01. The number of aryl methyl sites for hydroxylation is 2. The third-order valence-corrected chi connectivity index (χ3v) is 4.10. The summed E-state index contributed by atoms with van der Waals surface area (Å²) in [5.41, 5.74) is 2.47. The van der Waals surface area contributed by atoms with Crippen molar-refractivity contribution >= 4 is 32.5 Å². The van der Waals surface area contributed by atoms with Crippen LogP contribution in [0.25, 0.3) is 10.8 Å². The second-order valence-electron chi connectivity index (χ2n) is 4.41. The summed E-state index contributed by atoms with van der Waals surface area (Å²) in [6.45, 7) is 3.74. The monoisotopic (exact) mass is 290 g/mol. The minimum absolute atomic E-state index is 0.238. The number of hydrogen-bond acceptors (Lipinski definition) is 1. The number of carbonyl (C=O) groups is 1. The summed E-state index contributed by atoms with van der Waals surface area (Å²) in [7, 11) is 0. The molecule has 2 rings (SSSR count). The van der Waals surface area contributed by atoms with Crippen molar-refractivity contribution in [3.05, 3.63) is 45.9 Å². The van der Waals surface area contributed by atoms with E-state index in [1.807, 2.05) is 12.1 Å². The van der Waals surface area contributed by atoms with Crippen LogP contribution >= 0.6 is 15.9 Å². The average molecular weight is 291 g/mol. The zero-order valence-corrected chi connectivity index (χ0v) is 11.7. The van der Waals surface area contributed by atoms with Crippen LogP contribution in [0.2, 0.25) is 0 Å². The SMILES string of the molecule is CC(=O)CCc1c(Br)c(C)cc2ccccc12. The molecule has 0 aromatic heterocycles. The van der Waals surface area contributed by atoms with Gasteiger partial charge in [0.2, 0.25) is 0 Å². The molecule has 1 nitrogen and oxygen atoms in total. The van der Waals surface area contributed by atoms with E-state index in [-0.39, 0.29) is 5.78 Å². The first kappa shape index (κ1) is 12.3. The van der Waals surface area contributed by atoms with Crippen molar-refractivity contribution in [3.8, 4) is 0 Å². The minimum Gasteiger partial charge on any atom is -0.300 e. The van der Waals surface area contributed by atoms with Crippen molar-refractivity contribution in [1.82, 2.24) is 0 Å². The Morgan fingerprint density at radius 1 is 1.29 bits per heavy atom. The first-order chi connectivity index (χ1) is 8.09. The highest BCUT2D eigenvalue weighted by Crippen LogP contribution is 2.30. The number of fused-ring (bicyclic) bond motifs is 1. The summed E-state index contributed by atoms with van der Waals surface area (Å²) in [5.74, 6) is 0.238. The van der Waals surface area contributed by atoms with Gasteiger partial charge < -0.3 is 4.79 Å². The van der Waals surface area contributed by atoms with E-state index in [4.69, 9.17) is 0 Å². The van der Waals surface area contributed by atoms with Crippen molar-refractivity contribution in [2.24, 2.45) is 0 Å². The molecule has 0 heterocycles. The first-order valence-corrected chi connectivity index (χ1v) is 6.55. The Balaban J connectivity index is 2.57. The smallest absolute Gasteiger partial charge is 0.130 e. The van der Waals surface area contributed by atoms with Gasteiger partial charge in [0.1, 0.15) is 5.78 Å². The molecule has 0 unspecified atom stereocenters. The standard InChI is InChI=1S/C15H15BrO/c1-10-9-12-5-3-4-6-13(12)14(15(10)16)8-7-11(2)17/h3-6,9H,7-8H2,1-2H3. The maximum absolute atomic E-state index is 11.1. The molecule has 0 aliphatic heterocycles. The fraction of sp³-hybridized carbons (Fsp3) is 0.267. The predicted molar refractivity (Wildman–Crippen MR) is 75.4 cm³/mol. The molecule has 2 aromatic rings. The average Bonchev–Trinajstić information content (AvgIpc) is 2.29. The lowest BCUT2D eigenvalue weighted by molar-refractivity contribution is -0.116. The Bertz CT molecular complexity index is 572. The first-order valence-electron chi connectivity index (χ1n) is 5.75. The van der Waals surface area contributed by atoms with E-state index >= 15 is 0 Å². The molecule has 0 bridgehead atoms. The molecule has 2 aromatic carbocycles. The number of benzene rings is 2. The molecule has 0 aliphatic rings. The Morgan fingerprint density at radius 2 is 2.00 bits per heavy atom. The predicted octanol–water partition coefficient (Wildman–Crippen LogP) is 4.43. The normalized spacial score (nSPS) is 10.8. The summed E-state index contributed by atoms with van der Waals surface area (Å²) in [6.07, 6.45) is 1.41. The minimum atomic E-state index is 0.238. The van der Waals surface area contributed by atoms with Crippen LogP contribution in [0.15, 0.2) is 34.8 Å². The molecule has 0 aliphatic carbocycles. The van der Waals surface area contributed by atoms with Crippen molar-refractivity contribution in [1.29, 1.82) is 0 Å². The second-order valence-corrected chi connectivity index (χ2v) is 5.20. The molecular formula is C15H15BrO. The number of rotatable bonds is 3. The number of Topliss-reactive ketones (excluding diaryl/α,β-unsaturated/α-hetero) is 1. The number of ketones is 1. The van der Waals surface area contributed by atoms with E-state index in [0.29, 0.717) is 6.42 Å². The summed E-state index contributed by atoms with van der Waals surface area (Å²) in [4.78, 5) is 11.1. The molecular weight excluding hydrogens is 276 g/mol.